The number of carbonyl (C=O) groups is 1. The first kappa shape index (κ1) is 8.68. The quantitative estimate of drug-likeness (QED) is 0.299. The Morgan fingerprint density at radius 2 is 2.23 bits per heavy atom. The van der Waals surface area contributed by atoms with E-state index in [1.807, 2.05) is 0 Å². The summed E-state index contributed by atoms with van der Waals surface area (Å²) in [6.45, 7) is 0. The number of epoxide rings is 1. The number of hydrogen-bond acceptors (Lipinski definition) is 5. The number of carbonyl (C=O) groups excluding carboxylic acids is 1. The zero-order valence-electron chi connectivity index (χ0n) is 7.01. The van der Waals surface area contributed by atoms with E-state index < -0.39 is 29.9 Å². The molecule has 2 rings (SSSR count). The van der Waals surface area contributed by atoms with Crippen molar-refractivity contribution in [2.24, 2.45) is 0 Å². The molecule has 0 aromatic carbocycles. The van der Waals surface area contributed by atoms with Crippen LogP contribution in [-0.4, -0.2) is 47.2 Å². The summed E-state index contributed by atoms with van der Waals surface area (Å²) in [5.74, 6) is -0.645. The maximum Gasteiger partial charge on any atom is 0.344 e. The van der Waals surface area contributed by atoms with Crippen LogP contribution in [0.25, 0.3) is 0 Å². The van der Waals surface area contributed by atoms with E-state index in [4.69, 9.17) is 4.74 Å². The molecule has 1 saturated heterocycles. The average Bonchev–Trinajstić information content (AvgIpc) is 2.87. The molecule has 4 atom stereocenters. The minimum Gasteiger partial charge on any atom is -0.467 e. The summed E-state index contributed by atoms with van der Waals surface area (Å²) in [5.41, 5.74) is -1.36. The van der Waals surface area contributed by atoms with Crippen LogP contribution in [0.5, 0.6) is 0 Å². The van der Waals surface area contributed by atoms with E-state index in [2.05, 4.69) is 4.74 Å². The second kappa shape index (κ2) is 2.54. The van der Waals surface area contributed by atoms with Crippen molar-refractivity contribution < 1.29 is 24.5 Å². The van der Waals surface area contributed by atoms with Crippen LogP contribution < -0.4 is 0 Å². The molecule has 72 valence electrons. The molecule has 1 aliphatic carbocycles. The Morgan fingerprint density at radius 1 is 1.54 bits per heavy atom. The third kappa shape index (κ3) is 0.948. The normalized spacial score (nSPS) is 46.8. The topological polar surface area (TPSA) is 79.3 Å². The maximum absolute atomic E-state index is 11.2. The number of ether oxygens (including phenoxy) is 2. The van der Waals surface area contributed by atoms with Crippen LogP contribution >= 0.6 is 0 Å². The van der Waals surface area contributed by atoms with E-state index in [0.29, 0.717) is 0 Å². The summed E-state index contributed by atoms with van der Waals surface area (Å²) in [6, 6.07) is 0. The average molecular weight is 186 g/mol. The molecule has 0 radical (unpaired) electrons. The van der Waals surface area contributed by atoms with Gasteiger partial charge in [-0.2, -0.15) is 0 Å². The molecule has 0 aromatic rings. The van der Waals surface area contributed by atoms with Gasteiger partial charge in [-0.05, 0) is 0 Å². The molecule has 0 aromatic heterocycles. The van der Waals surface area contributed by atoms with Gasteiger partial charge in [0.1, 0.15) is 18.3 Å². The first-order valence-corrected chi connectivity index (χ1v) is 3.93. The molecule has 2 aliphatic rings. The molecule has 0 spiro atoms. The number of hydrogen-bond donors (Lipinski definition) is 2. The minimum absolute atomic E-state index is 0.460. The summed E-state index contributed by atoms with van der Waals surface area (Å²) < 4.78 is 9.51. The smallest absolute Gasteiger partial charge is 0.344 e. The molecule has 4 unspecified atom stereocenters. The second-order valence-electron chi connectivity index (χ2n) is 3.14. The van der Waals surface area contributed by atoms with Gasteiger partial charge in [0.2, 0.25) is 5.60 Å². The molecule has 0 saturated carbocycles. The Balaban J connectivity index is 2.27. The van der Waals surface area contributed by atoms with Crippen LogP contribution in [0.4, 0.5) is 0 Å². The van der Waals surface area contributed by atoms with Gasteiger partial charge in [-0.25, -0.2) is 4.79 Å². The maximum atomic E-state index is 11.2. The monoisotopic (exact) mass is 186 g/mol. The van der Waals surface area contributed by atoms with E-state index in [1.54, 1.807) is 6.08 Å². The van der Waals surface area contributed by atoms with Gasteiger partial charge in [0, 0.05) is 0 Å². The lowest BCUT2D eigenvalue weighted by Crippen LogP contribution is -2.48. The molecule has 0 amide bonds. The van der Waals surface area contributed by atoms with Crippen LogP contribution in [0.3, 0.4) is 0 Å². The Morgan fingerprint density at radius 3 is 2.85 bits per heavy atom. The summed E-state index contributed by atoms with van der Waals surface area (Å²) >= 11 is 0. The Hall–Kier alpha value is -0.910. The SMILES string of the molecule is COC(=O)C12OC1C=CC(O)C2O. The van der Waals surface area contributed by atoms with E-state index in [0.717, 1.165) is 0 Å². The molecular weight excluding hydrogens is 176 g/mol. The van der Waals surface area contributed by atoms with Crippen LogP contribution in [0.2, 0.25) is 0 Å². The van der Waals surface area contributed by atoms with E-state index in [9.17, 15) is 15.0 Å². The Labute approximate surface area is 74.6 Å². The molecule has 1 fully saturated rings. The van der Waals surface area contributed by atoms with Gasteiger partial charge in [-0.1, -0.05) is 12.2 Å². The summed E-state index contributed by atoms with van der Waals surface area (Å²) in [4.78, 5) is 11.2. The molecule has 5 nitrogen and oxygen atoms in total. The predicted molar refractivity (Wildman–Crippen MR) is 40.8 cm³/mol. The Kier molecular flexibility index (Phi) is 1.69. The lowest BCUT2D eigenvalue weighted by atomic mass is 9.89. The van der Waals surface area contributed by atoms with Crippen molar-refractivity contribution in [3.63, 3.8) is 0 Å². The summed E-state index contributed by atoms with van der Waals surface area (Å²) in [5, 5.41) is 18.8. The van der Waals surface area contributed by atoms with E-state index in [1.165, 1.54) is 13.2 Å². The second-order valence-corrected chi connectivity index (χ2v) is 3.14. The zero-order chi connectivity index (χ0) is 9.64. The third-order valence-corrected chi connectivity index (χ3v) is 2.44. The lowest BCUT2D eigenvalue weighted by molar-refractivity contribution is -0.154. The van der Waals surface area contributed by atoms with E-state index in [-0.39, 0.29) is 0 Å². The number of fused-ring (bicyclic) bond motifs is 1. The number of esters is 1. The van der Waals surface area contributed by atoms with Crippen molar-refractivity contribution in [3.8, 4) is 0 Å². The largest absolute Gasteiger partial charge is 0.467 e. The van der Waals surface area contributed by atoms with Gasteiger partial charge in [0.15, 0.2) is 0 Å². The number of aliphatic hydroxyl groups is 2. The lowest BCUT2D eigenvalue weighted by Gasteiger charge is -2.22. The fraction of sp³-hybridized carbons (Fsp3) is 0.625. The first-order chi connectivity index (χ1) is 6.13. The molecule has 1 heterocycles. The summed E-state index contributed by atoms with van der Waals surface area (Å²) in [7, 11) is 1.22. The van der Waals surface area contributed by atoms with Crippen LogP contribution in [0, 0.1) is 0 Å². The van der Waals surface area contributed by atoms with Gasteiger partial charge < -0.3 is 19.7 Å². The fourth-order valence-electron chi connectivity index (χ4n) is 1.61. The predicted octanol–water partition coefficient (Wildman–Crippen LogP) is -1.41. The van der Waals surface area contributed by atoms with Gasteiger partial charge in [-0.3, -0.25) is 0 Å². The van der Waals surface area contributed by atoms with Crippen molar-refractivity contribution >= 4 is 5.97 Å². The highest BCUT2D eigenvalue weighted by Crippen LogP contribution is 2.45. The van der Waals surface area contributed by atoms with Crippen molar-refractivity contribution in [1.29, 1.82) is 0 Å². The van der Waals surface area contributed by atoms with Crippen molar-refractivity contribution in [1.82, 2.24) is 0 Å². The van der Waals surface area contributed by atoms with Crippen molar-refractivity contribution in [2.45, 2.75) is 23.9 Å². The molecule has 2 N–H and O–H groups in total. The van der Waals surface area contributed by atoms with Crippen LogP contribution in [0.1, 0.15) is 0 Å². The highest BCUT2D eigenvalue weighted by atomic mass is 16.7. The zero-order valence-corrected chi connectivity index (χ0v) is 7.01. The van der Waals surface area contributed by atoms with Gasteiger partial charge in [0.25, 0.3) is 0 Å². The van der Waals surface area contributed by atoms with E-state index >= 15 is 0 Å². The third-order valence-electron chi connectivity index (χ3n) is 2.44. The minimum atomic E-state index is -1.36. The van der Waals surface area contributed by atoms with Crippen molar-refractivity contribution in [2.75, 3.05) is 7.11 Å². The summed E-state index contributed by atoms with van der Waals surface area (Å²) in [6.07, 6.45) is 0.184. The molecule has 1 aliphatic heterocycles. The number of rotatable bonds is 1. The highest BCUT2D eigenvalue weighted by molar-refractivity contribution is 5.85. The van der Waals surface area contributed by atoms with Crippen LogP contribution in [0.15, 0.2) is 12.2 Å². The number of aliphatic hydroxyl groups excluding tert-OH is 2. The molecule has 5 heteroatoms. The van der Waals surface area contributed by atoms with Crippen molar-refractivity contribution in [3.05, 3.63) is 12.2 Å². The first-order valence-electron chi connectivity index (χ1n) is 3.93. The highest BCUT2D eigenvalue weighted by Gasteiger charge is 2.70. The number of methoxy groups -OCH3 is 1. The van der Waals surface area contributed by atoms with Gasteiger partial charge in [-0.15, -0.1) is 0 Å². The molecular formula is C8H10O5. The standard InChI is InChI=1S/C8H10O5/c1-12-7(11)8-5(13-8)3-2-4(9)6(8)10/h2-6,9-10H,1H3. The fourth-order valence-corrected chi connectivity index (χ4v) is 1.61. The molecule has 0 bridgehead atoms. The van der Waals surface area contributed by atoms with Crippen LogP contribution in [-0.2, 0) is 14.3 Å². The van der Waals surface area contributed by atoms with Gasteiger partial charge >= 0.3 is 5.97 Å². The Bertz CT molecular complexity index is 274. The van der Waals surface area contributed by atoms with Gasteiger partial charge in [0.05, 0.1) is 7.11 Å². The molecule has 13 heavy (non-hydrogen) atoms.